The van der Waals surface area contributed by atoms with Gasteiger partial charge >= 0.3 is 11.9 Å². The molecular formula is C28H21N3O5. The lowest BCUT2D eigenvalue weighted by Crippen LogP contribution is -2.51. The van der Waals surface area contributed by atoms with Crippen LogP contribution in [0.25, 0.3) is 10.8 Å². The number of nitrogens with two attached hydrogens (primary N) is 1. The maximum Gasteiger partial charge on any atom is 0.355 e. The van der Waals surface area contributed by atoms with Crippen molar-refractivity contribution in [1.29, 1.82) is 5.26 Å². The molecule has 0 radical (unpaired) electrons. The molecule has 1 atom stereocenters. The number of methoxy groups -OCH3 is 2. The van der Waals surface area contributed by atoms with Gasteiger partial charge in [0.1, 0.15) is 23.0 Å². The van der Waals surface area contributed by atoms with Crippen LogP contribution in [-0.4, -0.2) is 31.9 Å². The standard InChI is InChI=1S/C28H21N3O5/c1-15-7-4-10-17(13-15)31-23(27(34)36-3)22(26(33)35-2)28(20(14-29)25(31)30)19-12-6-9-16-8-5-11-18(21(16)19)24(28)32/h4-13H,30H2,1-3H3/t28-/m0/s1. The summed E-state index contributed by atoms with van der Waals surface area (Å²) in [6.45, 7) is 1.85. The molecule has 2 N–H and O–H groups in total. The molecule has 178 valence electrons. The van der Waals surface area contributed by atoms with Crippen molar-refractivity contribution in [3.05, 3.63) is 100 Å². The largest absolute Gasteiger partial charge is 0.466 e. The van der Waals surface area contributed by atoms with Crippen LogP contribution < -0.4 is 10.6 Å². The molecule has 3 aromatic carbocycles. The van der Waals surface area contributed by atoms with Crippen LogP contribution in [0, 0.1) is 18.3 Å². The zero-order valence-electron chi connectivity index (χ0n) is 19.8. The molecule has 3 aromatic rings. The Hall–Kier alpha value is -4.90. The van der Waals surface area contributed by atoms with Crippen molar-refractivity contribution in [2.24, 2.45) is 5.73 Å². The summed E-state index contributed by atoms with van der Waals surface area (Å²) in [7, 11) is 2.31. The number of nitrogens with zero attached hydrogens (tertiary/aromatic N) is 2. The fraction of sp³-hybridized carbons (Fsp3) is 0.143. The van der Waals surface area contributed by atoms with Crippen molar-refractivity contribution in [3.8, 4) is 6.07 Å². The number of hydrogen-bond acceptors (Lipinski definition) is 8. The molecule has 1 heterocycles. The molecule has 8 nitrogen and oxygen atoms in total. The topological polar surface area (TPSA) is 123 Å². The van der Waals surface area contributed by atoms with E-state index in [0.717, 1.165) is 25.2 Å². The van der Waals surface area contributed by atoms with Crippen LogP contribution in [-0.2, 0) is 24.5 Å². The first kappa shape index (κ1) is 22.9. The maximum atomic E-state index is 14.3. The average Bonchev–Trinajstić information content (AvgIpc) is 3.13. The van der Waals surface area contributed by atoms with Gasteiger partial charge in [0.15, 0.2) is 5.78 Å². The summed E-state index contributed by atoms with van der Waals surface area (Å²) in [5.41, 5.74) is 5.81. The Morgan fingerprint density at radius 2 is 1.67 bits per heavy atom. The van der Waals surface area contributed by atoms with E-state index in [-0.39, 0.29) is 22.7 Å². The minimum absolute atomic E-state index is 0.158. The molecule has 2 aliphatic rings. The molecule has 36 heavy (non-hydrogen) atoms. The summed E-state index contributed by atoms with van der Waals surface area (Å²) in [4.78, 5) is 42.5. The third-order valence-electron chi connectivity index (χ3n) is 6.74. The first-order chi connectivity index (χ1) is 17.3. The van der Waals surface area contributed by atoms with Gasteiger partial charge in [-0.1, -0.05) is 48.5 Å². The lowest BCUT2D eigenvalue weighted by Gasteiger charge is -2.41. The third-order valence-corrected chi connectivity index (χ3v) is 6.74. The summed E-state index contributed by atoms with van der Waals surface area (Å²) in [6.07, 6.45) is 0. The van der Waals surface area contributed by atoms with Gasteiger partial charge < -0.3 is 15.2 Å². The van der Waals surface area contributed by atoms with E-state index in [1.54, 1.807) is 42.5 Å². The van der Waals surface area contributed by atoms with E-state index in [2.05, 4.69) is 6.07 Å². The van der Waals surface area contributed by atoms with E-state index in [1.165, 1.54) is 4.90 Å². The number of nitriles is 1. The van der Waals surface area contributed by atoms with Gasteiger partial charge in [-0.25, -0.2) is 9.59 Å². The molecule has 8 heteroatoms. The Morgan fingerprint density at radius 1 is 1.00 bits per heavy atom. The summed E-state index contributed by atoms with van der Waals surface area (Å²) >= 11 is 0. The van der Waals surface area contributed by atoms with E-state index in [9.17, 15) is 19.6 Å². The Labute approximate surface area is 206 Å². The van der Waals surface area contributed by atoms with Crippen LogP contribution in [0.3, 0.4) is 0 Å². The van der Waals surface area contributed by atoms with Gasteiger partial charge in [0.2, 0.25) is 0 Å². The molecule has 0 unspecified atom stereocenters. The number of ketones is 1. The molecule has 0 saturated heterocycles. The second-order valence-electron chi connectivity index (χ2n) is 8.54. The lowest BCUT2D eigenvalue weighted by molar-refractivity contribution is -0.139. The van der Waals surface area contributed by atoms with Crippen LogP contribution in [0.2, 0.25) is 0 Å². The smallest absolute Gasteiger partial charge is 0.355 e. The number of hydrogen-bond donors (Lipinski definition) is 1. The SMILES string of the molecule is COC(=O)C1=C(C(=O)OC)[C@@]2(C(=O)c3cccc4cccc2c34)C(C#N)=C(N)N1c1cccc(C)c1. The number of benzene rings is 3. The van der Waals surface area contributed by atoms with Gasteiger partial charge in [0.25, 0.3) is 0 Å². The minimum atomic E-state index is -1.99. The second kappa shape index (κ2) is 8.10. The average molecular weight is 479 g/mol. The number of carbonyl (C=O) groups excluding carboxylic acids is 3. The van der Waals surface area contributed by atoms with Gasteiger partial charge in [-0.2, -0.15) is 5.26 Å². The summed E-state index contributed by atoms with van der Waals surface area (Å²) < 4.78 is 10.2. The molecule has 1 aliphatic heterocycles. The molecule has 1 aliphatic carbocycles. The molecule has 0 amide bonds. The Bertz CT molecular complexity index is 1610. The van der Waals surface area contributed by atoms with Gasteiger partial charge in [0, 0.05) is 11.3 Å². The van der Waals surface area contributed by atoms with Gasteiger partial charge in [-0.15, -0.1) is 0 Å². The zero-order chi connectivity index (χ0) is 25.8. The normalized spacial score (nSPS) is 18.6. The first-order valence-corrected chi connectivity index (χ1v) is 11.1. The van der Waals surface area contributed by atoms with Crippen molar-refractivity contribution >= 4 is 34.2 Å². The summed E-state index contributed by atoms with van der Waals surface area (Å²) in [6, 6.07) is 19.5. The molecule has 0 bridgehead atoms. The third kappa shape index (κ3) is 2.77. The number of allylic oxidation sites excluding steroid dienone is 1. The highest BCUT2D eigenvalue weighted by molar-refractivity contribution is 6.28. The molecule has 0 fully saturated rings. The van der Waals surface area contributed by atoms with Crippen LogP contribution in [0.15, 0.2) is 83.3 Å². The number of anilines is 1. The van der Waals surface area contributed by atoms with Gasteiger partial charge in [-0.3, -0.25) is 9.69 Å². The molecule has 1 spiro atoms. The van der Waals surface area contributed by atoms with E-state index < -0.39 is 23.1 Å². The number of rotatable bonds is 3. The number of ether oxygens (including phenoxy) is 2. The van der Waals surface area contributed by atoms with E-state index >= 15 is 0 Å². The second-order valence-corrected chi connectivity index (χ2v) is 8.54. The summed E-state index contributed by atoms with van der Waals surface area (Å²) in [5.74, 6) is -2.56. The quantitative estimate of drug-likeness (QED) is 0.567. The molecular weight excluding hydrogens is 458 g/mol. The number of fused-ring (bicyclic) bond motifs is 1. The van der Waals surface area contributed by atoms with Crippen LogP contribution >= 0.6 is 0 Å². The van der Waals surface area contributed by atoms with Crippen LogP contribution in [0.1, 0.15) is 21.5 Å². The Balaban J connectivity index is 2.00. The fourth-order valence-electron chi connectivity index (χ4n) is 5.32. The van der Waals surface area contributed by atoms with Crippen molar-refractivity contribution in [2.45, 2.75) is 12.3 Å². The number of Topliss-reactive ketones (excluding diaryl/α,β-unsaturated/α-hetero) is 1. The van der Waals surface area contributed by atoms with Gasteiger partial charge in [0.05, 0.1) is 25.4 Å². The maximum absolute atomic E-state index is 14.3. The van der Waals surface area contributed by atoms with E-state index in [0.29, 0.717) is 22.2 Å². The minimum Gasteiger partial charge on any atom is -0.466 e. The fourth-order valence-corrected chi connectivity index (χ4v) is 5.32. The Kier molecular flexibility index (Phi) is 5.15. The molecule has 5 rings (SSSR count). The highest BCUT2D eigenvalue weighted by atomic mass is 16.5. The number of aryl methyl sites for hydroxylation is 1. The number of carbonyl (C=O) groups is 3. The lowest BCUT2D eigenvalue weighted by atomic mass is 9.65. The highest BCUT2D eigenvalue weighted by Crippen LogP contribution is 2.55. The Morgan fingerprint density at radius 3 is 2.31 bits per heavy atom. The van der Waals surface area contributed by atoms with Crippen molar-refractivity contribution in [3.63, 3.8) is 0 Å². The highest BCUT2D eigenvalue weighted by Gasteiger charge is 2.61. The predicted octanol–water partition coefficient (Wildman–Crippen LogP) is 3.40. The van der Waals surface area contributed by atoms with Crippen molar-refractivity contribution < 1.29 is 23.9 Å². The zero-order valence-corrected chi connectivity index (χ0v) is 19.8. The van der Waals surface area contributed by atoms with Crippen LogP contribution in [0.5, 0.6) is 0 Å². The van der Waals surface area contributed by atoms with Gasteiger partial charge in [-0.05, 0) is 41.0 Å². The predicted molar refractivity (Wildman–Crippen MR) is 131 cm³/mol. The van der Waals surface area contributed by atoms with E-state index in [4.69, 9.17) is 15.2 Å². The van der Waals surface area contributed by atoms with Crippen LogP contribution in [0.4, 0.5) is 5.69 Å². The van der Waals surface area contributed by atoms with E-state index in [1.807, 2.05) is 25.1 Å². The molecule has 0 aromatic heterocycles. The molecule has 0 saturated carbocycles. The van der Waals surface area contributed by atoms with Crippen molar-refractivity contribution in [1.82, 2.24) is 0 Å². The van der Waals surface area contributed by atoms with Crippen molar-refractivity contribution in [2.75, 3.05) is 19.1 Å². The summed E-state index contributed by atoms with van der Waals surface area (Å²) in [5, 5.41) is 11.8. The number of esters is 2. The monoisotopic (exact) mass is 479 g/mol. The first-order valence-electron chi connectivity index (χ1n) is 11.1.